The molecule has 3 aromatic rings. The van der Waals surface area contributed by atoms with Crippen LogP contribution in [0.3, 0.4) is 0 Å². The van der Waals surface area contributed by atoms with E-state index in [2.05, 4.69) is 5.32 Å². The van der Waals surface area contributed by atoms with E-state index in [0.717, 1.165) is 10.6 Å². The molecule has 0 unspecified atom stereocenters. The first-order valence-electron chi connectivity index (χ1n) is 9.37. The lowest BCUT2D eigenvalue weighted by molar-refractivity contribution is -0.116. The Balaban J connectivity index is 1.63. The van der Waals surface area contributed by atoms with Gasteiger partial charge >= 0.3 is 0 Å². The Hall–Kier alpha value is -3.38. The van der Waals surface area contributed by atoms with Gasteiger partial charge in [-0.1, -0.05) is 54.6 Å². The molecule has 0 saturated heterocycles. The maximum absolute atomic E-state index is 12.7. The van der Waals surface area contributed by atoms with Crippen LogP contribution in [0.5, 0.6) is 0 Å². The molecule has 0 bridgehead atoms. The topological polar surface area (TPSA) is 66.5 Å². The van der Waals surface area contributed by atoms with Gasteiger partial charge in [0.05, 0.1) is 12.2 Å². The highest BCUT2D eigenvalue weighted by atomic mass is 32.2. The van der Waals surface area contributed by atoms with Crippen molar-refractivity contribution in [3.8, 4) is 0 Å². The van der Waals surface area contributed by atoms with Crippen LogP contribution < -0.4 is 5.32 Å². The summed E-state index contributed by atoms with van der Waals surface area (Å²) in [5.74, 6) is -0.667. The fourth-order valence-electron chi connectivity index (χ4n) is 2.97. The summed E-state index contributed by atoms with van der Waals surface area (Å²) in [5, 5.41) is 2.84. The molecule has 3 aromatic carbocycles. The van der Waals surface area contributed by atoms with Crippen LogP contribution in [0.25, 0.3) is 0 Å². The van der Waals surface area contributed by atoms with Crippen LogP contribution in [-0.4, -0.2) is 42.3 Å². The van der Waals surface area contributed by atoms with Gasteiger partial charge in [0.2, 0.25) is 5.91 Å². The number of likely N-dealkylation sites (N-methyl/N-ethyl adjacent to an activating group) is 1. The molecule has 0 aliphatic heterocycles. The lowest BCUT2D eigenvalue weighted by atomic mass is 10.0. The predicted octanol–water partition coefficient (Wildman–Crippen LogP) is 4.35. The third-order valence-electron chi connectivity index (χ3n) is 4.54. The molecule has 30 heavy (non-hydrogen) atoms. The van der Waals surface area contributed by atoms with Crippen LogP contribution in [0.4, 0.5) is 5.69 Å². The molecular weight excluding hydrogens is 396 g/mol. The summed E-state index contributed by atoms with van der Waals surface area (Å²) in [5.41, 5.74) is 2.24. The summed E-state index contributed by atoms with van der Waals surface area (Å²) in [6.45, 7) is -0.0771. The van der Waals surface area contributed by atoms with Crippen LogP contribution >= 0.6 is 11.8 Å². The predicted molar refractivity (Wildman–Crippen MR) is 120 cm³/mol. The summed E-state index contributed by atoms with van der Waals surface area (Å²) >= 11 is 1.54. The molecule has 0 spiro atoms. The van der Waals surface area contributed by atoms with Crippen molar-refractivity contribution in [3.05, 3.63) is 95.6 Å². The largest absolute Gasteiger partial charge is 0.332 e. The van der Waals surface area contributed by atoms with Crippen molar-refractivity contribution in [2.24, 2.45) is 0 Å². The molecular formula is C24H22N2O3S. The van der Waals surface area contributed by atoms with E-state index in [1.807, 2.05) is 48.7 Å². The van der Waals surface area contributed by atoms with E-state index in [-0.39, 0.29) is 24.1 Å². The van der Waals surface area contributed by atoms with E-state index >= 15 is 0 Å². The van der Waals surface area contributed by atoms with Gasteiger partial charge in [-0.05, 0) is 30.5 Å². The van der Waals surface area contributed by atoms with Gasteiger partial charge in [-0.3, -0.25) is 14.4 Å². The SMILES string of the molecule is CSc1ccccc1NC(=O)CN(C)C(=O)c1ccc(C(=O)c2ccccc2)cc1. The van der Waals surface area contributed by atoms with Gasteiger partial charge in [-0.15, -0.1) is 11.8 Å². The van der Waals surface area contributed by atoms with Gasteiger partial charge in [-0.2, -0.15) is 0 Å². The summed E-state index contributed by atoms with van der Waals surface area (Å²) in [7, 11) is 1.57. The minimum atomic E-state index is -0.290. The zero-order valence-electron chi connectivity index (χ0n) is 16.8. The molecule has 1 N–H and O–H groups in total. The number of hydrogen-bond acceptors (Lipinski definition) is 4. The third kappa shape index (κ3) is 5.15. The van der Waals surface area contributed by atoms with E-state index in [1.54, 1.807) is 43.4 Å². The first-order chi connectivity index (χ1) is 14.5. The van der Waals surface area contributed by atoms with Crippen LogP contribution in [-0.2, 0) is 4.79 Å². The smallest absolute Gasteiger partial charge is 0.254 e. The molecule has 0 fully saturated rings. The zero-order chi connectivity index (χ0) is 21.5. The lowest BCUT2D eigenvalue weighted by Crippen LogP contribution is -2.35. The molecule has 0 aliphatic rings. The molecule has 0 aromatic heterocycles. The molecule has 0 saturated carbocycles. The third-order valence-corrected chi connectivity index (χ3v) is 5.33. The first-order valence-corrected chi connectivity index (χ1v) is 10.6. The summed E-state index contributed by atoms with van der Waals surface area (Å²) in [6, 6.07) is 23.0. The van der Waals surface area contributed by atoms with Gasteiger partial charge in [0, 0.05) is 28.6 Å². The van der Waals surface area contributed by atoms with E-state index < -0.39 is 0 Å². The van der Waals surface area contributed by atoms with Gasteiger partial charge in [0.15, 0.2) is 5.78 Å². The maximum atomic E-state index is 12.7. The Morgan fingerprint density at radius 2 is 1.37 bits per heavy atom. The van der Waals surface area contributed by atoms with Crippen molar-refractivity contribution >= 4 is 35.0 Å². The number of rotatable bonds is 7. The fourth-order valence-corrected chi connectivity index (χ4v) is 3.52. The second-order valence-corrected chi connectivity index (χ2v) is 7.53. The number of carbonyl (C=O) groups excluding carboxylic acids is 3. The number of ketones is 1. The van der Waals surface area contributed by atoms with Gasteiger partial charge < -0.3 is 10.2 Å². The second kappa shape index (κ2) is 9.89. The number of nitrogens with zero attached hydrogens (tertiary/aromatic N) is 1. The molecule has 6 heteroatoms. The van der Waals surface area contributed by atoms with E-state index in [9.17, 15) is 14.4 Å². The van der Waals surface area contributed by atoms with E-state index in [4.69, 9.17) is 0 Å². The number of para-hydroxylation sites is 1. The highest BCUT2D eigenvalue weighted by Gasteiger charge is 2.17. The van der Waals surface area contributed by atoms with Crippen molar-refractivity contribution in [1.82, 2.24) is 4.90 Å². The number of anilines is 1. The number of thioether (sulfide) groups is 1. The summed E-state index contributed by atoms with van der Waals surface area (Å²) < 4.78 is 0. The highest BCUT2D eigenvalue weighted by Crippen LogP contribution is 2.24. The normalized spacial score (nSPS) is 10.3. The summed E-state index contributed by atoms with van der Waals surface area (Å²) in [6.07, 6.45) is 1.94. The molecule has 0 aliphatic carbocycles. The van der Waals surface area contributed by atoms with Crippen molar-refractivity contribution in [2.75, 3.05) is 25.2 Å². The molecule has 152 valence electrons. The van der Waals surface area contributed by atoms with Crippen molar-refractivity contribution in [3.63, 3.8) is 0 Å². The molecule has 2 amide bonds. The van der Waals surface area contributed by atoms with Crippen LogP contribution in [0, 0.1) is 0 Å². The van der Waals surface area contributed by atoms with Crippen LogP contribution in [0.15, 0.2) is 83.8 Å². The number of amides is 2. The monoisotopic (exact) mass is 418 g/mol. The minimum absolute atomic E-state index is 0.0771. The summed E-state index contributed by atoms with van der Waals surface area (Å²) in [4.78, 5) is 39.8. The van der Waals surface area contributed by atoms with Crippen molar-refractivity contribution in [2.45, 2.75) is 4.90 Å². The average Bonchev–Trinajstić information content (AvgIpc) is 2.79. The standard InChI is InChI=1S/C24H22N2O3S/c1-26(16-22(27)25-20-10-6-7-11-21(20)30-2)24(29)19-14-12-18(13-15-19)23(28)17-8-4-3-5-9-17/h3-15H,16H2,1-2H3,(H,25,27). The minimum Gasteiger partial charge on any atom is -0.332 e. The average molecular weight is 419 g/mol. The van der Waals surface area contributed by atoms with Gasteiger partial charge in [-0.25, -0.2) is 0 Å². The number of carbonyl (C=O) groups is 3. The quantitative estimate of drug-likeness (QED) is 0.458. The maximum Gasteiger partial charge on any atom is 0.254 e. The number of benzene rings is 3. The molecule has 3 rings (SSSR count). The fraction of sp³-hybridized carbons (Fsp3) is 0.125. The molecule has 0 heterocycles. The Morgan fingerprint density at radius 1 is 0.800 bits per heavy atom. The molecule has 0 radical (unpaired) electrons. The Morgan fingerprint density at radius 3 is 2.03 bits per heavy atom. The number of hydrogen-bond donors (Lipinski definition) is 1. The first kappa shape index (κ1) is 21.3. The number of nitrogens with one attached hydrogen (secondary N) is 1. The Bertz CT molecular complexity index is 1050. The lowest BCUT2D eigenvalue weighted by Gasteiger charge is -2.17. The Kier molecular flexibility index (Phi) is 7.03. The second-order valence-electron chi connectivity index (χ2n) is 6.68. The van der Waals surface area contributed by atoms with E-state index in [1.165, 1.54) is 16.7 Å². The highest BCUT2D eigenvalue weighted by molar-refractivity contribution is 7.98. The van der Waals surface area contributed by atoms with Gasteiger partial charge in [0.1, 0.15) is 0 Å². The van der Waals surface area contributed by atoms with Crippen LogP contribution in [0.2, 0.25) is 0 Å². The van der Waals surface area contributed by atoms with E-state index in [0.29, 0.717) is 16.7 Å². The van der Waals surface area contributed by atoms with Crippen molar-refractivity contribution < 1.29 is 14.4 Å². The molecule has 0 atom stereocenters. The van der Waals surface area contributed by atoms with Crippen molar-refractivity contribution in [1.29, 1.82) is 0 Å². The van der Waals surface area contributed by atoms with Gasteiger partial charge in [0.25, 0.3) is 5.91 Å². The molecule has 5 nitrogen and oxygen atoms in total. The van der Waals surface area contributed by atoms with Crippen LogP contribution in [0.1, 0.15) is 26.3 Å². The Labute approximate surface area is 180 Å². The zero-order valence-corrected chi connectivity index (χ0v) is 17.6.